The topological polar surface area (TPSA) is 49.6 Å². The van der Waals surface area contributed by atoms with Crippen LogP contribution in [-0.4, -0.2) is 48.9 Å². The minimum Gasteiger partial charge on any atom is -0.399 e. The van der Waals surface area contributed by atoms with Gasteiger partial charge >= 0.3 is 0 Å². The number of benzene rings is 1. The molecule has 1 aliphatic heterocycles. The van der Waals surface area contributed by atoms with Gasteiger partial charge in [0.1, 0.15) is 0 Å². The zero-order valence-corrected chi connectivity index (χ0v) is 11.6. The third-order valence-corrected chi connectivity index (χ3v) is 3.68. The van der Waals surface area contributed by atoms with Gasteiger partial charge in [0.25, 0.3) is 0 Å². The summed E-state index contributed by atoms with van der Waals surface area (Å²) in [6, 6.07) is 7.78. The van der Waals surface area contributed by atoms with Crippen molar-refractivity contribution in [3.05, 3.63) is 29.8 Å². The average Bonchev–Trinajstić information content (AvgIpc) is 2.63. The largest absolute Gasteiger partial charge is 0.399 e. The van der Waals surface area contributed by atoms with Crippen LogP contribution in [0.1, 0.15) is 18.4 Å². The predicted molar refractivity (Wildman–Crippen MR) is 77.9 cm³/mol. The lowest BCUT2D eigenvalue weighted by molar-refractivity contribution is -0.131. The lowest BCUT2D eigenvalue weighted by atomic mass is 10.1. The lowest BCUT2D eigenvalue weighted by Gasteiger charge is -2.20. The molecule has 2 N–H and O–H groups in total. The Hall–Kier alpha value is -1.55. The first-order valence-electron chi connectivity index (χ1n) is 6.96. The van der Waals surface area contributed by atoms with Crippen LogP contribution in [0.2, 0.25) is 0 Å². The van der Waals surface area contributed by atoms with Crippen molar-refractivity contribution in [1.82, 2.24) is 9.80 Å². The highest BCUT2D eigenvalue weighted by atomic mass is 16.2. The van der Waals surface area contributed by atoms with Gasteiger partial charge in [0.2, 0.25) is 5.91 Å². The Kier molecular flexibility index (Phi) is 4.80. The highest BCUT2D eigenvalue weighted by Gasteiger charge is 2.16. The molecule has 0 unspecified atom stereocenters. The van der Waals surface area contributed by atoms with Crippen molar-refractivity contribution in [3.8, 4) is 0 Å². The van der Waals surface area contributed by atoms with Crippen LogP contribution in [0.15, 0.2) is 24.3 Å². The maximum absolute atomic E-state index is 12.2. The van der Waals surface area contributed by atoms with E-state index in [1.165, 1.54) is 5.56 Å². The van der Waals surface area contributed by atoms with Gasteiger partial charge in [-0.15, -0.1) is 0 Å². The fourth-order valence-electron chi connectivity index (χ4n) is 2.39. The van der Waals surface area contributed by atoms with Crippen LogP contribution in [0.3, 0.4) is 0 Å². The minimum absolute atomic E-state index is 0.270. The normalized spacial score (nSPS) is 17.2. The van der Waals surface area contributed by atoms with Gasteiger partial charge in [-0.2, -0.15) is 0 Å². The van der Waals surface area contributed by atoms with E-state index < -0.39 is 0 Å². The number of anilines is 1. The highest BCUT2D eigenvalue weighted by molar-refractivity contribution is 5.76. The van der Waals surface area contributed by atoms with Crippen molar-refractivity contribution in [2.24, 2.45) is 0 Å². The molecule has 1 saturated heterocycles. The van der Waals surface area contributed by atoms with Gasteiger partial charge in [-0.1, -0.05) is 12.1 Å². The Morgan fingerprint density at radius 3 is 2.63 bits per heavy atom. The van der Waals surface area contributed by atoms with Gasteiger partial charge in [0, 0.05) is 31.7 Å². The van der Waals surface area contributed by atoms with Crippen molar-refractivity contribution < 1.29 is 4.79 Å². The summed E-state index contributed by atoms with van der Waals surface area (Å²) in [7, 11) is 2.11. The minimum atomic E-state index is 0.270. The molecule has 0 radical (unpaired) electrons. The molecule has 4 nitrogen and oxygen atoms in total. The van der Waals surface area contributed by atoms with E-state index >= 15 is 0 Å². The number of nitrogens with two attached hydrogens (primary N) is 1. The van der Waals surface area contributed by atoms with Gasteiger partial charge in [-0.25, -0.2) is 0 Å². The second-order valence-corrected chi connectivity index (χ2v) is 5.28. The zero-order chi connectivity index (χ0) is 13.7. The predicted octanol–water partition coefficient (Wildman–Crippen LogP) is 1.37. The van der Waals surface area contributed by atoms with Crippen LogP contribution in [0, 0.1) is 0 Å². The molecule has 1 aromatic carbocycles. The first-order chi connectivity index (χ1) is 9.15. The third-order valence-electron chi connectivity index (χ3n) is 3.68. The van der Waals surface area contributed by atoms with Crippen LogP contribution in [0.5, 0.6) is 0 Å². The molecule has 0 atom stereocenters. The van der Waals surface area contributed by atoms with E-state index in [-0.39, 0.29) is 5.91 Å². The number of rotatable bonds is 3. The number of nitrogen functional groups attached to an aromatic ring is 1. The van der Waals surface area contributed by atoms with Crippen LogP contribution in [0.4, 0.5) is 5.69 Å². The molecule has 0 bridgehead atoms. The number of aryl methyl sites for hydroxylation is 1. The molecule has 0 aliphatic carbocycles. The van der Waals surface area contributed by atoms with E-state index in [0.29, 0.717) is 6.42 Å². The molecule has 2 rings (SSSR count). The Balaban J connectivity index is 1.82. The summed E-state index contributed by atoms with van der Waals surface area (Å²) in [5.74, 6) is 0.270. The molecule has 104 valence electrons. The number of hydrogen-bond donors (Lipinski definition) is 1. The Morgan fingerprint density at radius 2 is 1.89 bits per heavy atom. The standard InChI is InChI=1S/C15H23N3O/c1-17-9-2-10-18(12-11-17)15(19)8-5-13-3-6-14(16)7-4-13/h3-4,6-7H,2,5,8-12,16H2,1H3. The van der Waals surface area contributed by atoms with E-state index in [1.807, 2.05) is 29.2 Å². The zero-order valence-electron chi connectivity index (χ0n) is 11.6. The number of likely N-dealkylation sites (N-methyl/N-ethyl adjacent to an activating group) is 1. The number of carbonyl (C=O) groups is 1. The molecule has 0 spiro atoms. The Bertz CT molecular complexity index is 416. The number of carbonyl (C=O) groups excluding carboxylic acids is 1. The summed E-state index contributed by atoms with van der Waals surface area (Å²) in [6.45, 7) is 3.82. The van der Waals surface area contributed by atoms with E-state index in [0.717, 1.165) is 44.7 Å². The summed E-state index contributed by atoms with van der Waals surface area (Å²) in [5.41, 5.74) is 7.59. The maximum Gasteiger partial charge on any atom is 0.222 e. The first kappa shape index (κ1) is 13.9. The number of hydrogen-bond acceptors (Lipinski definition) is 3. The molecule has 19 heavy (non-hydrogen) atoms. The molecule has 0 aromatic heterocycles. The fraction of sp³-hybridized carbons (Fsp3) is 0.533. The van der Waals surface area contributed by atoms with E-state index in [9.17, 15) is 4.79 Å². The van der Waals surface area contributed by atoms with Crippen molar-refractivity contribution in [2.75, 3.05) is 39.0 Å². The van der Waals surface area contributed by atoms with Crippen LogP contribution in [0.25, 0.3) is 0 Å². The Morgan fingerprint density at radius 1 is 1.16 bits per heavy atom. The van der Waals surface area contributed by atoms with Gasteiger partial charge in [-0.3, -0.25) is 4.79 Å². The van der Waals surface area contributed by atoms with Gasteiger partial charge in [0.05, 0.1) is 0 Å². The van der Waals surface area contributed by atoms with Crippen molar-refractivity contribution in [1.29, 1.82) is 0 Å². The molecule has 4 heteroatoms. The SMILES string of the molecule is CN1CCCN(C(=O)CCc2ccc(N)cc2)CC1. The summed E-state index contributed by atoms with van der Waals surface area (Å²) >= 11 is 0. The van der Waals surface area contributed by atoms with E-state index in [4.69, 9.17) is 5.73 Å². The lowest BCUT2D eigenvalue weighted by Crippen LogP contribution is -2.34. The Labute approximate surface area is 115 Å². The molecule has 1 aliphatic rings. The molecule has 0 saturated carbocycles. The van der Waals surface area contributed by atoms with Crippen LogP contribution < -0.4 is 5.73 Å². The van der Waals surface area contributed by atoms with Crippen LogP contribution in [-0.2, 0) is 11.2 Å². The van der Waals surface area contributed by atoms with Gasteiger partial charge < -0.3 is 15.5 Å². The second kappa shape index (κ2) is 6.57. The number of nitrogens with zero attached hydrogens (tertiary/aromatic N) is 2. The molecule has 1 amide bonds. The summed E-state index contributed by atoms with van der Waals surface area (Å²) in [4.78, 5) is 16.5. The molecule has 1 aromatic rings. The maximum atomic E-state index is 12.2. The number of amides is 1. The van der Waals surface area contributed by atoms with Crippen molar-refractivity contribution >= 4 is 11.6 Å². The third kappa shape index (κ3) is 4.24. The summed E-state index contributed by atoms with van der Waals surface area (Å²) in [5, 5.41) is 0. The van der Waals surface area contributed by atoms with E-state index in [1.54, 1.807) is 0 Å². The monoisotopic (exact) mass is 261 g/mol. The molecule has 1 fully saturated rings. The highest BCUT2D eigenvalue weighted by Crippen LogP contribution is 2.10. The molecular weight excluding hydrogens is 238 g/mol. The van der Waals surface area contributed by atoms with Crippen LogP contribution >= 0.6 is 0 Å². The average molecular weight is 261 g/mol. The van der Waals surface area contributed by atoms with Crippen molar-refractivity contribution in [2.45, 2.75) is 19.3 Å². The second-order valence-electron chi connectivity index (χ2n) is 5.28. The molecular formula is C15H23N3O. The van der Waals surface area contributed by atoms with Gasteiger partial charge in [-0.05, 0) is 44.1 Å². The quantitative estimate of drug-likeness (QED) is 0.836. The van der Waals surface area contributed by atoms with Crippen molar-refractivity contribution in [3.63, 3.8) is 0 Å². The molecule has 1 heterocycles. The smallest absolute Gasteiger partial charge is 0.222 e. The fourth-order valence-corrected chi connectivity index (χ4v) is 2.39. The first-order valence-corrected chi connectivity index (χ1v) is 6.96. The summed E-state index contributed by atoms with van der Waals surface area (Å²) < 4.78 is 0. The van der Waals surface area contributed by atoms with Gasteiger partial charge in [0.15, 0.2) is 0 Å². The van der Waals surface area contributed by atoms with E-state index in [2.05, 4.69) is 11.9 Å². The summed E-state index contributed by atoms with van der Waals surface area (Å²) in [6.07, 6.45) is 2.46.